The molecule has 104 valence electrons. The van der Waals surface area contributed by atoms with E-state index in [1.807, 2.05) is 0 Å². The van der Waals surface area contributed by atoms with E-state index in [9.17, 15) is 9.59 Å². The minimum absolute atomic E-state index is 0.0421. The molecule has 1 aromatic carbocycles. The van der Waals surface area contributed by atoms with Gasteiger partial charge in [0.15, 0.2) is 0 Å². The van der Waals surface area contributed by atoms with E-state index >= 15 is 0 Å². The predicted molar refractivity (Wildman–Crippen MR) is 72.6 cm³/mol. The van der Waals surface area contributed by atoms with E-state index < -0.39 is 24.3 Å². The fourth-order valence-corrected chi connectivity index (χ4v) is 2.02. The number of rotatable bonds is 7. The summed E-state index contributed by atoms with van der Waals surface area (Å²) in [5, 5.41) is 20.4. The van der Waals surface area contributed by atoms with Crippen LogP contribution in [0.2, 0.25) is 0 Å². The third-order valence-electron chi connectivity index (χ3n) is 2.47. The maximum Gasteiger partial charge on any atom is 0.308 e. The summed E-state index contributed by atoms with van der Waals surface area (Å²) in [7, 11) is 1.54. The normalized spacial score (nSPS) is 11.7. The first kappa shape index (κ1) is 15.3. The van der Waals surface area contributed by atoms with E-state index in [4.69, 9.17) is 14.9 Å². The van der Waals surface area contributed by atoms with Gasteiger partial charge in [-0.05, 0) is 34.1 Å². The highest BCUT2D eigenvalue weighted by atomic mass is 79.9. The van der Waals surface area contributed by atoms with E-state index in [0.717, 1.165) is 4.47 Å². The third kappa shape index (κ3) is 4.78. The minimum Gasteiger partial charge on any atom is -0.496 e. The number of carbonyl (C=O) groups is 2. The Morgan fingerprint density at radius 3 is 2.58 bits per heavy atom. The van der Waals surface area contributed by atoms with Crippen molar-refractivity contribution in [2.24, 2.45) is 5.92 Å². The fourth-order valence-electron chi connectivity index (χ4n) is 1.47. The van der Waals surface area contributed by atoms with Gasteiger partial charge in [0.1, 0.15) is 5.75 Å². The summed E-state index contributed by atoms with van der Waals surface area (Å²) in [6.07, 6.45) is -0.417. The van der Waals surface area contributed by atoms with Crippen LogP contribution in [0.1, 0.15) is 6.42 Å². The lowest BCUT2D eigenvalue weighted by molar-refractivity contribution is -0.147. The van der Waals surface area contributed by atoms with Gasteiger partial charge in [-0.1, -0.05) is 0 Å². The molecular weight excluding hydrogens is 318 g/mol. The number of hydrogen-bond donors (Lipinski definition) is 3. The number of ether oxygens (including phenoxy) is 1. The first-order valence-corrected chi connectivity index (χ1v) is 6.25. The van der Waals surface area contributed by atoms with E-state index in [1.54, 1.807) is 25.3 Å². The highest BCUT2D eigenvalue weighted by Crippen LogP contribution is 2.27. The lowest BCUT2D eigenvalue weighted by Gasteiger charge is -2.13. The van der Waals surface area contributed by atoms with Crippen LogP contribution in [0, 0.1) is 5.92 Å². The van der Waals surface area contributed by atoms with Crippen LogP contribution in [0.25, 0.3) is 0 Å². The predicted octanol–water partition coefficient (Wildman–Crippen LogP) is 2.05. The van der Waals surface area contributed by atoms with E-state index in [2.05, 4.69) is 21.2 Å². The number of carboxylic acid groups (broad SMARTS) is 2. The molecule has 0 saturated carbocycles. The van der Waals surface area contributed by atoms with Crippen molar-refractivity contribution in [3.8, 4) is 5.75 Å². The molecule has 1 aromatic rings. The monoisotopic (exact) mass is 331 g/mol. The molecule has 0 aliphatic heterocycles. The topological polar surface area (TPSA) is 95.9 Å². The first-order valence-electron chi connectivity index (χ1n) is 5.46. The van der Waals surface area contributed by atoms with Gasteiger partial charge in [0.05, 0.1) is 23.9 Å². The maximum absolute atomic E-state index is 10.9. The van der Waals surface area contributed by atoms with E-state index in [0.29, 0.717) is 11.4 Å². The second-order valence-electron chi connectivity index (χ2n) is 3.86. The van der Waals surface area contributed by atoms with Crippen LogP contribution in [-0.2, 0) is 9.59 Å². The van der Waals surface area contributed by atoms with Crippen LogP contribution in [0.3, 0.4) is 0 Å². The van der Waals surface area contributed by atoms with Crippen LogP contribution in [-0.4, -0.2) is 35.8 Å². The molecule has 3 N–H and O–H groups in total. The van der Waals surface area contributed by atoms with Gasteiger partial charge in [-0.25, -0.2) is 0 Å². The Hall–Kier alpha value is -1.76. The summed E-state index contributed by atoms with van der Waals surface area (Å²) >= 11 is 3.31. The molecule has 0 radical (unpaired) electrons. The quantitative estimate of drug-likeness (QED) is 0.707. The van der Waals surface area contributed by atoms with Crippen molar-refractivity contribution in [1.82, 2.24) is 0 Å². The zero-order valence-corrected chi connectivity index (χ0v) is 11.8. The van der Waals surface area contributed by atoms with Gasteiger partial charge < -0.3 is 20.3 Å². The van der Waals surface area contributed by atoms with Crippen molar-refractivity contribution in [1.29, 1.82) is 0 Å². The largest absolute Gasteiger partial charge is 0.496 e. The van der Waals surface area contributed by atoms with Crippen molar-refractivity contribution in [2.75, 3.05) is 19.0 Å². The Bertz CT molecular complexity index is 477. The Morgan fingerprint density at radius 1 is 1.42 bits per heavy atom. The lowest BCUT2D eigenvalue weighted by Crippen LogP contribution is -2.25. The molecule has 0 fully saturated rings. The molecular formula is C12H14BrNO5. The number of methoxy groups -OCH3 is 1. The fraction of sp³-hybridized carbons (Fsp3) is 0.333. The Morgan fingerprint density at radius 2 is 2.11 bits per heavy atom. The van der Waals surface area contributed by atoms with Gasteiger partial charge >= 0.3 is 11.9 Å². The SMILES string of the molecule is COc1ccc(NCC(CC(=O)O)C(=O)O)cc1Br. The molecule has 7 heteroatoms. The van der Waals surface area contributed by atoms with Crippen LogP contribution in [0.15, 0.2) is 22.7 Å². The molecule has 0 aromatic heterocycles. The van der Waals surface area contributed by atoms with Gasteiger partial charge in [-0.15, -0.1) is 0 Å². The first-order chi connectivity index (χ1) is 8.93. The van der Waals surface area contributed by atoms with Crippen molar-refractivity contribution in [3.05, 3.63) is 22.7 Å². The summed E-state index contributed by atoms with van der Waals surface area (Å²) in [6.45, 7) is 0.0421. The molecule has 1 atom stereocenters. The molecule has 0 saturated heterocycles. The summed E-state index contributed by atoms with van der Waals surface area (Å²) in [5.74, 6) is -2.59. The molecule has 6 nitrogen and oxygen atoms in total. The average Bonchev–Trinajstić information content (AvgIpc) is 2.34. The van der Waals surface area contributed by atoms with E-state index in [-0.39, 0.29) is 6.54 Å². The molecule has 1 unspecified atom stereocenters. The number of benzene rings is 1. The van der Waals surface area contributed by atoms with Crippen molar-refractivity contribution < 1.29 is 24.5 Å². The molecule has 0 bridgehead atoms. The van der Waals surface area contributed by atoms with Crippen LogP contribution < -0.4 is 10.1 Å². The van der Waals surface area contributed by atoms with Crippen molar-refractivity contribution in [2.45, 2.75) is 6.42 Å². The minimum atomic E-state index is -1.14. The zero-order valence-electron chi connectivity index (χ0n) is 10.2. The Balaban J connectivity index is 2.66. The summed E-state index contributed by atoms with van der Waals surface area (Å²) in [5.41, 5.74) is 0.685. The van der Waals surface area contributed by atoms with Gasteiger partial charge in [0.25, 0.3) is 0 Å². The van der Waals surface area contributed by atoms with Crippen molar-refractivity contribution in [3.63, 3.8) is 0 Å². The Kier molecular flexibility index (Phi) is 5.62. The van der Waals surface area contributed by atoms with Crippen LogP contribution in [0.5, 0.6) is 5.75 Å². The molecule has 1 rings (SSSR count). The summed E-state index contributed by atoms with van der Waals surface area (Å²) in [4.78, 5) is 21.4. The lowest BCUT2D eigenvalue weighted by atomic mass is 10.1. The van der Waals surface area contributed by atoms with Gasteiger partial charge in [-0.3, -0.25) is 9.59 Å². The van der Waals surface area contributed by atoms with Crippen LogP contribution >= 0.6 is 15.9 Å². The molecule has 0 spiro atoms. The van der Waals surface area contributed by atoms with Gasteiger partial charge in [0.2, 0.25) is 0 Å². The highest BCUT2D eigenvalue weighted by molar-refractivity contribution is 9.10. The average molecular weight is 332 g/mol. The second kappa shape index (κ2) is 6.98. The van der Waals surface area contributed by atoms with Gasteiger partial charge in [-0.2, -0.15) is 0 Å². The number of halogens is 1. The van der Waals surface area contributed by atoms with Crippen LogP contribution in [0.4, 0.5) is 5.69 Å². The van der Waals surface area contributed by atoms with Crippen molar-refractivity contribution >= 4 is 33.6 Å². The number of hydrogen-bond acceptors (Lipinski definition) is 4. The number of aliphatic carboxylic acids is 2. The molecule has 0 aliphatic carbocycles. The smallest absolute Gasteiger partial charge is 0.308 e. The standard InChI is InChI=1S/C12H14BrNO5/c1-19-10-3-2-8(5-9(10)13)14-6-7(12(17)18)4-11(15)16/h2-3,5,7,14H,4,6H2,1H3,(H,15,16)(H,17,18). The number of carboxylic acids is 2. The van der Waals surface area contributed by atoms with E-state index in [1.165, 1.54) is 0 Å². The number of anilines is 1. The summed E-state index contributed by atoms with van der Waals surface area (Å²) in [6, 6.07) is 5.18. The molecule has 0 aliphatic rings. The zero-order chi connectivity index (χ0) is 14.4. The molecule has 0 amide bonds. The molecule has 19 heavy (non-hydrogen) atoms. The maximum atomic E-state index is 10.9. The Labute approximate surface area is 118 Å². The third-order valence-corrected chi connectivity index (χ3v) is 3.09. The highest BCUT2D eigenvalue weighted by Gasteiger charge is 2.20. The second-order valence-corrected chi connectivity index (χ2v) is 4.72. The molecule has 0 heterocycles. The summed E-state index contributed by atoms with van der Waals surface area (Å²) < 4.78 is 5.80. The van der Waals surface area contributed by atoms with Gasteiger partial charge in [0, 0.05) is 12.2 Å². The number of nitrogens with one attached hydrogen (secondary N) is 1.